The normalized spacial score (nSPS) is 21.0. The molecule has 1 saturated heterocycles. The second kappa shape index (κ2) is 5.54. The molecule has 2 heterocycles. The number of β-amino-alcohol motifs (C(OH)–C–C–N with tert-alkyl or cyclic N) is 1. The largest absolute Gasteiger partial charge is 0.392 e. The maximum absolute atomic E-state index is 12.5. The monoisotopic (exact) mass is 278 g/mol. The lowest BCUT2D eigenvalue weighted by atomic mass is 10.1. The van der Waals surface area contributed by atoms with Crippen LogP contribution in [0.3, 0.4) is 0 Å². The molecular formula is C14H22N4O2. The zero-order valence-corrected chi connectivity index (χ0v) is 11.9. The summed E-state index contributed by atoms with van der Waals surface area (Å²) >= 11 is 0. The third kappa shape index (κ3) is 2.58. The highest BCUT2D eigenvalue weighted by atomic mass is 16.3. The van der Waals surface area contributed by atoms with E-state index >= 15 is 0 Å². The summed E-state index contributed by atoms with van der Waals surface area (Å²) in [5, 5.41) is 16.6. The van der Waals surface area contributed by atoms with Gasteiger partial charge in [-0.15, -0.1) is 0 Å². The number of rotatable bonds is 3. The van der Waals surface area contributed by atoms with Crippen LogP contribution in [0, 0.1) is 0 Å². The SMILES string of the molecule is C[C@H](O)CN1CCN(C(=O)c2n[nH]c3c2CCC3)CC1. The van der Waals surface area contributed by atoms with E-state index in [4.69, 9.17) is 0 Å². The van der Waals surface area contributed by atoms with E-state index in [1.54, 1.807) is 6.92 Å². The Labute approximate surface area is 118 Å². The van der Waals surface area contributed by atoms with Crippen molar-refractivity contribution in [2.45, 2.75) is 32.3 Å². The number of aromatic nitrogens is 2. The van der Waals surface area contributed by atoms with Gasteiger partial charge < -0.3 is 10.0 Å². The van der Waals surface area contributed by atoms with Crippen LogP contribution in [0.25, 0.3) is 0 Å². The van der Waals surface area contributed by atoms with Crippen molar-refractivity contribution < 1.29 is 9.90 Å². The Hall–Kier alpha value is -1.40. The van der Waals surface area contributed by atoms with Gasteiger partial charge in [0.05, 0.1) is 6.10 Å². The Morgan fingerprint density at radius 1 is 1.35 bits per heavy atom. The van der Waals surface area contributed by atoms with E-state index in [9.17, 15) is 9.90 Å². The predicted molar refractivity (Wildman–Crippen MR) is 74.6 cm³/mol. The van der Waals surface area contributed by atoms with E-state index in [0.717, 1.165) is 43.6 Å². The highest BCUT2D eigenvalue weighted by Gasteiger charge is 2.28. The van der Waals surface area contributed by atoms with Gasteiger partial charge in [-0.25, -0.2) is 0 Å². The number of nitrogens with one attached hydrogen (secondary N) is 1. The van der Waals surface area contributed by atoms with Gasteiger partial charge in [0.1, 0.15) is 0 Å². The van der Waals surface area contributed by atoms with Crippen LogP contribution in [0.5, 0.6) is 0 Å². The molecule has 1 aliphatic carbocycles. The molecule has 1 atom stereocenters. The van der Waals surface area contributed by atoms with Crippen molar-refractivity contribution in [1.82, 2.24) is 20.0 Å². The van der Waals surface area contributed by atoms with Crippen LogP contribution in [-0.4, -0.2) is 69.8 Å². The standard InChI is InChI=1S/C14H22N4O2/c1-10(19)9-17-5-7-18(8-6-17)14(20)13-11-3-2-4-12(11)15-16-13/h10,19H,2-9H2,1H3,(H,15,16)/t10-/m0/s1. The van der Waals surface area contributed by atoms with Gasteiger partial charge in [0.25, 0.3) is 5.91 Å². The fourth-order valence-corrected chi connectivity index (χ4v) is 3.15. The number of hydrogen-bond acceptors (Lipinski definition) is 4. The molecule has 3 rings (SSSR count). The molecular weight excluding hydrogens is 256 g/mol. The van der Waals surface area contributed by atoms with E-state index in [1.165, 1.54) is 0 Å². The highest BCUT2D eigenvalue weighted by molar-refractivity contribution is 5.94. The van der Waals surface area contributed by atoms with Gasteiger partial charge in [-0.2, -0.15) is 5.10 Å². The highest BCUT2D eigenvalue weighted by Crippen LogP contribution is 2.24. The van der Waals surface area contributed by atoms with Crippen molar-refractivity contribution >= 4 is 5.91 Å². The molecule has 110 valence electrons. The van der Waals surface area contributed by atoms with Gasteiger partial charge in [-0.05, 0) is 26.2 Å². The number of nitrogens with zero attached hydrogens (tertiary/aromatic N) is 3. The topological polar surface area (TPSA) is 72.5 Å². The first-order valence-electron chi connectivity index (χ1n) is 7.41. The summed E-state index contributed by atoms with van der Waals surface area (Å²) in [5.74, 6) is 0.0566. The Kier molecular flexibility index (Phi) is 3.76. The van der Waals surface area contributed by atoms with Crippen LogP contribution in [0.2, 0.25) is 0 Å². The van der Waals surface area contributed by atoms with E-state index in [-0.39, 0.29) is 12.0 Å². The number of aliphatic hydroxyl groups is 1. The van der Waals surface area contributed by atoms with E-state index in [1.807, 2.05) is 4.90 Å². The zero-order chi connectivity index (χ0) is 14.1. The maximum Gasteiger partial charge on any atom is 0.274 e. The molecule has 1 aliphatic heterocycles. The van der Waals surface area contributed by atoms with Gasteiger partial charge in [0.2, 0.25) is 0 Å². The number of piperazine rings is 1. The van der Waals surface area contributed by atoms with Crippen molar-refractivity contribution in [1.29, 1.82) is 0 Å². The average Bonchev–Trinajstić information content (AvgIpc) is 3.00. The second-order valence-electron chi connectivity index (χ2n) is 5.82. The summed E-state index contributed by atoms with van der Waals surface area (Å²) in [7, 11) is 0. The molecule has 1 aromatic heterocycles. The first-order valence-corrected chi connectivity index (χ1v) is 7.41. The first kappa shape index (κ1) is 13.6. The molecule has 6 heteroatoms. The molecule has 1 aromatic rings. The average molecular weight is 278 g/mol. The van der Waals surface area contributed by atoms with Gasteiger partial charge in [-0.3, -0.25) is 14.8 Å². The maximum atomic E-state index is 12.5. The molecule has 0 bridgehead atoms. The smallest absolute Gasteiger partial charge is 0.274 e. The lowest BCUT2D eigenvalue weighted by molar-refractivity contribution is 0.0548. The first-order chi connectivity index (χ1) is 9.65. The fourth-order valence-electron chi connectivity index (χ4n) is 3.15. The molecule has 0 spiro atoms. The number of fused-ring (bicyclic) bond motifs is 1. The summed E-state index contributed by atoms with van der Waals surface area (Å²) in [5.41, 5.74) is 2.89. The Balaban J connectivity index is 1.62. The summed E-state index contributed by atoms with van der Waals surface area (Å²) in [6.45, 7) is 5.55. The van der Waals surface area contributed by atoms with Crippen LogP contribution >= 0.6 is 0 Å². The molecule has 1 fully saturated rings. The summed E-state index contributed by atoms with van der Waals surface area (Å²) < 4.78 is 0. The van der Waals surface area contributed by atoms with Crippen LogP contribution in [0.4, 0.5) is 0 Å². The quantitative estimate of drug-likeness (QED) is 0.818. The van der Waals surface area contributed by atoms with Crippen LogP contribution in [0.15, 0.2) is 0 Å². The molecule has 0 radical (unpaired) electrons. The number of aryl methyl sites for hydroxylation is 1. The Morgan fingerprint density at radius 3 is 2.80 bits per heavy atom. The van der Waals surface area contributed by atoms with Crippen molar-refractivity contribution in [3.63, 3.8) is 0 Å². The molecule has 6 nitrogen and oxygen atoms in total. The number of carbonyl (C=O) groups is 1. The van der Waals surface area contributed by atoms with Crippen molar-refractivity contribution in [3.8, 4) is 0 Å². The number of aliphatic hydroxyl groups excluding tert-OH is 1. The number of aromatic amines is 1. The molecule has 0 aromatic carbocycles. The van der Waals surface area contributed by atoms with Gasteiger partial charge >= 0.3 is 0 Å². The Bertz CT molecular complexity index is 489. The molecule has 0 unspecified atom stereocenters. The predicted octanol–water partition coefficient (Wildman–Crippen LogP) is 0.0370. The third-order valence-electron chi connectivity index (χ3n) is 4.19. The number of carbonyl (C=O) groups excluding carboxylic acids is 1. The minimum Gasteiger partial charge on any atom is -0.392 e. The molecule has 20 heavy (non-hydrogen) atoms. The Morgan fingerprint density at radius 2 is 2.10 bits per heavy atom. The minimum absolute atomic E-state index is 0.0566. The fraction of sp³-hybridized carbons (Fsp3) is 0.714. The molecule has 2 N–H and O–H groups in total. The number of hydrogen-bond donors (Lipinski definition) is 2. The van der Waals surface area contributed by atoms with E-state index in [0.29, 0.717) is 25.3 Å². The van der Waals surface area contributed by atoms with Crippen LogP contribution < -0.4 is 0 Å². The second-order valence-corrected chi connectivity index (χ2v) is 5.82. The van der Waals surface area contributed by atoms with Crippen LogP contribution in [0.1, 0.15) is 35.1 Å². The molecule has 2 aliphatic rings. The lowest BCUT2D eigenvalue weighted by Crippen LogP contribution is -2.50. The van der Waals surface area contributed by atoms with Crippen molar-refractivity contribution in [3.05, 3.63) is 17.0 Å². The number of H-pyrrole nitrogens is 1. The molecule has 1 amide bonds. The zero-order valence-electron chi connectivity index (χ0n) is 11.9. The lowest BCUT2D eigenvalue weighted by Gasteiger charge is -2.35. The van der Waals surface area contributed by atoms with Crippen molar-refractivity contribution in [2.75, 3.05) is 32.7 Å². The minimum atomic E-state index is -0.313. The summed E-state index contributed by atoms with van der Waals surface area (Å²) in [4.78, 5) is 16.6. The van der Waals surface area contributed by atoms with Gasteiger partial charge in [0, 0.05) is 44.0 Å². The molecule has 0 saturated carbocycles. The van der Waals surface area contributed by atoms with E-state index in [2.05, 4.69) is 15.1 Å². The van der Waals surface area contributed by atoms with E-state index < -0.39 is 0 Å². The summed E-state index contributed by atoms with van der Waals surface area (Å²) in [6, 6.07) is 0. The third-order valence-corrected chi connectivity index (χ3v) is 4.19. The van der Waals surface area contributed by atoms with Gasteiger partial charge in [-0.1, -0.05) is 0 Å². The van der Waals surface area contributed by atoms with Crippen LogP contribution in [-0.2, 0) is 12.8 Å². The number of amides is 1. The van der Waals surface area contributed by atoms with Crippen molar-refractivity contribution in [2.24, 2.45) is 0 Å². The summed E-state index contributed by atoms with van der Waals surface area (Å²) in [6.07, 6.45) is 2.78. The van der Waals surface area contributed by atoms with Gasteiger partial charge in [0.15, 0.2) is 5.69 Å².